The van der Waals surface area contributed by atoms with Crippen LogP contribution in [0.3, 0.4) is 0 Å². The fourth-order valence-corrected chi connectivity index (χ4v) is 2.90. The van der Waals surface area contributed by atoms with Gasteiger partial charge in [-0.2, -0.15) is 0 Å². The molecule has 27 heavy (non-hydrogen) atoms. The van der Waals surface area contributed by atoms with Gasteiger partial charge >= 0.3 is 0 Å². The molecule has 5 nitrogen and oxygen atoms in total. The van der Waals surface area contributed by atoms with Gasteiger partial charge in [-0.15, -0.1) is 0 Å². The van der Waals surface area contributed by atoms with Crippen LogP contribution in [-0.4, -0.2) is 54.4 Å². The molecule has 0 aliphatic rings. The number of rotatable bonds is 12. The van der Waals surface area contributed by atoms with E-state index < -0.39 is 6.10 Å². The third kappa shape index (κ3) is 7.85. The second-order valence-electron chi connectivity index (χ2n) is 6.23. The average Bonchev–Trinajstić information content (AvgIpc) is 2.69. The monoisotopic (exact) mass is 392 g/mol. The maximum Gasteiger partial charge on any atom is 0.129 e. The molecule has 0 aliphatic heterocycles. The molecule has 148 valence electrons. The highest BCUT2D eigenvalue weighted by Gasteiger charge is 2.14. The Hall–Kier alpha value is -1.66. The molecule has 0 amide bonds. The molecule has 2 rings (SSSR count). The van der Waals surface area contributed by atoms with Crippen LogP contribution < -0.4 is 4.74 Å². The summed E-state index contributed by atoms with van der Waals surface area (Å²) in [5.41, 5.74) is 1.84. The summed E-state index contributed by atoms with van der Waals surface area (Å²) < 4.78 is 10.9. The van der Waals surface area contributed by atoms with Crippen molar-refractivity contribution in [2.24, 2.45) is 0 Å². The summed E-state index contributed by atoms with van der Waals surface area (Å²) in [6.07, 6.45) is 0.257. The van der Waals surface area contributed by atoms with E-state index in [2.05, 4.69) is 28.9 Å². The Morgan fingerprint density at radius 3 is 2.56 bits per heavy atom. The minimum absolute atomic E-state index is 0.401. The van der Waals surface area contributed by atoms with E-state index in [0.29, 0.717) is 37.2 Å². The maximum atomic E-state index is 10.4. The summed E-state index contributed by atoms with van der Waals surface area (Å²) in [5.74, 6) is 0.855. The zero-order valence-corrected chi connectivity index (χ0v) is 16.9. The second kappa shape index (κ2) is 11.9. The minimum atomic E-state index is -0.648. The van der Waals surface area contributed by atoms with Gasteiger partial charge in [0.1, 0.15) is 23.6 Å². The van der Waals surface area contributed by atoms with Crippen LogP contribution in [-0.2, 0) is 11.2 Å². The first-order valence-corrected chi connectivity index (χ1v) is 9.82. The molecule has 0 spiro atoms. The molecule has 1 aromatic carbocycles. The van der Waals surface area contributed by atoms with Crippen LogP contribution in [0.2, 0.25) is 5.15 Å². The third-order valence-corrected chi connectivity index (χ3v) is 4.51. The molecule has 0 radical (unpaired) electrons. The zero-order chi connectivity index (χ0) is 19.5. The lowest BCUT2D eigenvalue weighted by Gasteiger charge is -2.23. The normalized spacial score (nSPS) is 12.3. The Bertz CT molecular complexity index is 667. The Morgan fingerprint density at radius 2 is 1.89 bits per heavy atom. The lowest BCUT2D eigenvalue weighted by Crippen LogP contribution is -2.30. The molecule has 2 aromatic rings. The van der Waals surface area contributed by atoms with Crippen LogP contribution in [0.25, 0.3) is 0 Å². The number of ether oxygens (including phenoxy) is 2. The van der Waals surface area contributed by atoms with Gasteiger partial charge in [-0.05, 0) is 49.7 Å². The largest absolute Gasteiger partial charge is 0.491 e. The van der Waals surface area contributed by atoms with Crippen LogP contribution in [0.15, 0.2) is 42.5 Å². The van der Waals surface area contributed by atoms with Gasteiger partial charge in [0, 0.05) is 19.7 Å². The number of nitrogens with zero attached hydrogens (tertiary/aromatic N) is 2. The van der Waals surface area contributed by atoms with Crippen molar-refractivity contribution in [3.05, 3.63) is 58.9 Å². The number of benzene rings is 1. The summed E-state index contributed by atoms with van der Waals surface area (Å²) in [6.45, 7) is 8.18. The first kappa shape index (κ1) is 21.6. The summed E-state index contributed by atoms with van der Waals surface area (Å²) in [6, 6.07) is 13.5. The van der Waals surface area contributed by atoms with E-state index in [1.165, 1.54) is 5.56 Å². The number of halogens is 1. The molecule has 1 heterocycles. The summed E-state index contributed by atoms with van der Waals surface area (Å²) in [5, 5.41) is 10.8. The van der Waals surface area contributed by atoms with Crippen molar-refractivity contribution in [3.63, 3.8) is 0 Å². The zero-order valence-electron chi connectivity index (χ0n) is 16.1. The van der Waals surface area contributed by atoms with Gasteiger partial charge in [-0.3, -0.25) is 0 Å². The molecular formula is C21H29ClN2O3. The topological polar surface area (TPSA) is 54.8 Å². The number of likely N-dealkylation sites (N-methyl/N-ethyl adjacent to an activating group) is 1. The van der Waals surface area contributed by atoms with Gasteiger partial charge in [0.2, 0.25) is 0 Å². The molecule has 1 aromatic heterocycles. The Labute approximate surface area is 166 Å². The highest BCUT2D eigenvalue weighted by molar-refractivity contribution is 6.29. The van der Waals surface area contributed by atoms with E-state index in [4.69, 9.17) is 21.1 Å². The summed E-state index contributed by atoms with van der Waals surface area (Å²) in [7, 11) is 0. The SMILES string of the molecule is CCOCCOc1ccc(CCN(CC)CC(O)c2cccc(Cl)n2)cc1. The molecule has 6 heteroatoms. The van der Waals surface area contributed by atoms with Crippen molar-refractivity contribution in [2.45, 2.75) is 26.4 Å². The highest BCUT2D eigenvalue weighted by atomic mass is 35.5. The molecule has 0 saturated heterocycles. The molecule has 0 saturated carbocycles. The van der Waals surface area contributed by atoms with E-state index in [9.17, 15) is 5.11 Å². The van der Waals surface area contributed by atoms with Crippen molar-refractivity contribution in [2.75, 3.05) is 39.5 Å². The highest BCUT2D eigenvalue weighted by Crippen LogP contribution is 2.16. The Balaban J connectivity index is 1.79. The quantitative estimate of drug-likeness (QED) is 0.440. The first-order valence-electron chi connectivity index (χ1n) is 9.44. The summed E-state index contributed by atoms with van der Waals surface area (Å²) in [4.78, 5) is 6.40. The first-order chi connectivity index (χ1) is 13.1. The van der Waals surface area contributed by atoms with E-state index in [1.54, 1.807) is 12.1 Å². The van der Waals surface area contributed by atoms with Gasteiger partial charge in [-0.1, -0.05) is 36.7 Å². The predicted octanol–water partition coefficient (Wildman–Crippen LogP) is 3.75. The number of pyridine rings is 1. The number of hydrogen-bond acceptors (Lipinski definition) is 5. The average molecular weight is 393 g/mol. The van der Waals surface area contributed by atoms with Crippen molar-refractivity contribution in [1.82, 2.24) is 9.88 Å². The fourth-order valence-electron chi connectivity index (χ4n) is 2.73. The smallest absolute Gasteiger partial charge is 0.129 e. The maximum absolute atomic E-state index is 10.4. The van der Waals surface area contributed by atoms with Gasteiger partial charge in [0.15, 0.2) is 0 Å². The van der Waals surface area contributed by atoms with E-state index >= 15 is 0 Å². The van der Waals surface area contributed by atoms with Gasteiger partial charge in [0.25, 0.3) is 0 Å². The van der Waals surface area contributed by atoms with Crippen molar-refractivity contribution < 1.29 is 14.6 Å². The second-order valence-corrected chi connectivity index (χ2v) is 6.62. The molecule has 0 fully saturated rings. The lowest BCUT2D eigenvalue weighted by atomic mass is 10.1. The predicted molar refractivity (Wildman–Crippen MR) is 108 cm³/mol. The van der Waals surface area contributed by atoms with Gasteiger partial charge in [0.05, 0.1) is 12.3 Å². The number of hydrogen-bond donors (Lipinski definition) is 1. The minimum Gasteiger partial charge on any atom is -0.491 e. The molecule has 0 bridgehead atoms. The molecule has 1 N–H and O–H groups in total. The molecule has 1 atom stereocenters. The number of aliphatic hydroxyl groups is 1. The third-order valence-electron chi connectivity index (χ3n) is 4.30. The van der Waals surface area contributed by atoms with Crippen molar-refractivity contribution in [3.8, 4) is 5.75 Å². The molecule has 0 aliphatic carbocycles. The summed E-state index contributed by atoms with van der Waals surface area (Å²) >= 11 is 5.91. The lowest BCUT2D eigenvalue weighted by molar-refractivity contribution is 0.110. The van der Waals surface area contributed by atoms with Crippen LogP contribution >= 0.6 is 11.6 Å². The standard InChI is InChI=1S/C21H29ClN2O3/c1-3-24(16-20(25)19-6-5-7-21(22)23-19)13-12-17-8-10-18(11-9-17)27-15-14-26-4-2/h5-11,20,25H,3-4,12-16H2,1-2H3. The van der Waals surface area contributed by atoms with E-state index in [-0.39, 0.29) is 0 Å². The fraction of sp³-hybridized carbons (Fsp3) is 0.476. The van der Waals surface area contributed by atoms with E-state index in [1.807, 2.05) is 25.1 Å². The number of aromatic nitrogens is 1. The number of aliphatic hydroxyl groups excluding tert-OH is 1. The van der Waals surface area contributed by atoms with Crippen LogP contribution in [0, 0.1) is 0 Å². The van der Waals surface area contributed by atoms with Crippen LogP contribution in [0.1, 0.15) is 31.2 Å². The molecular weight excluding hydrogens is 364 g/mol. The van der Waals surface area contributed by atoms with Crippen LogP contribution in [0.4, 0.5) is 0 Å². The van der Waals surface area contributed by atoms with Crippen LogP contribution in [0.5, 0.6) is 5.75 Å². The molecule has 1 unspecified atom stereocenters. The van der Waals surface area contributed by atoms with Gasteiger partial charge < -0.3 is 19.5 Å². The van der Waals surface area contributed by atoms with Crippen molar-refractivity contribution in [1.29, 1.82) is 0 Å². The Morgan fingerprint density at radius 1 is 1.11 bits per heavy atom. The Kier molecular flexibility index (Phi) is 9.56. The van der Waals surface area contributed by atoms with Gasteiger partial charge in [-0.25, -0.2) is 4.98 Å². The van der Waals surface area contributed by atoms with E-state index in [0.717, 1.165) is 25.3 Å². The van der Waals surface area contributed by atoms with Crippen molar-refractivity contribution >= 4 is 11.6 Å².